The normalized spacial score (nSPS) is 15.9. The van der Waals surface area contributed by atoms with Crippen LogP contribution in [0.25, 0.3) is 11.1 Å². The number of amides is 4. The molecule has 0 aliphatic carbocycles. The maximum absolute atomic E-state index is 13.8. The number of rotatable bonds is 11. The zero-order chi connectivity index (χ0) is 30.3. The van der Waals surface area contributed by atoms with Crippen LogP contribution >= 0.6 is 11.3 Å². The van der Waals surface area contributed by atoms with Crippen LogP contribution in [0.1, 0.15) is 37.1 Å². The van der Waals surface area contributed by atoms with Crippen molar-refractivity contribution in [3.8, 4) is 11.1 Å². The van der Waals surface area contributed by atoms with Gasteiger partial charge in [0.2, 0.25) is 11.8 Å². The summed E-state index contributed by atoms with van der Waals surface area (Å²) >= 11 is 1.61. The Balaban J connectivity index is 1.48. The Morgan fingerprint density at radius 3 is 2.57 bits per heavy atom. The van der Waals surface area contributed by atoms with Crippen molar-refractivity contribution in [3.63, 3.8) is 0 Å². The molecule has 0 spiro atoms. The fraction of sp³-hybridized carbons (Fsp3) is 0.387. The van der Waals surface area contributed by atoms with Crippen molar-refractivity contribution in [2.75, 3.05) is 30.4 Å². The Morgan fingerprint density at radius 2 is 1.86 bits per heavy atom. The predicted molar refractivity (Wildman–Crippen MR) is 166 cm³/mol. The van der Waals surface area contributed by atoms with E-state index in [2.05, 4.69) is 21.3 Å². The Hall–Kier alpha value is -3.77. The van der Waals surface area contributed by atoms with Crippen LogP contribution in [0, 0.1) is 0 Å². The van der Waals surface area contributed by atoms with E-state index in [0.29, 0.717) is 25.1 Å². The number of β-amino-alcohol motifs (C(OH)–C–C–N with tert-alkyl or cyclic N) is 1. The van der Waals surface area contributed by atoms with Crippen LogP contribution in [-0.2, 0) is 22.6 Å². The van der Waals surface area contributed by atoms with Crippen molar-refractivity contribution >= 4 is 40.6 Å². The second kappa shape index (κ2) is 13.9. The molecule has 11 heteroatoms. The van der Waals surface area contributed by atoms with E-state index in [1.165, 1.54) is 0 Å². The van der Waals surface area contributed by atoms with E-state index in [0.717, 1.165) is 27.3 Å². The van der Waals surface area contributed by atoms with Crippen molar-refractivity contribution < 1.29 is 24.6 Å². The molecule has 1 aliphatic rings. The molecule has 4 amide bonds. The van der Waals surface area contributed by atoms with Gasteiger partial charge in [0.1, 0.15) is 6.04 Å². The maximum atomic E-state index is 13.8. The molecule has 0 radical (unpaired) electrons. The molecule has 3 aromatic rings. The fourth-order valence-electron chi connectivity index (χ4n) is 4.93. The van der Waals surface area contributed by atoms with E-state index in [1.54, 1.807) is 23.3 Å². The smallest absolute Gasteiger partial charge is 0.318 e. The van der Waals surface area contributed by atoms with Crippen molar-refractivity contribution in [2.45, 2.75) is 57.3 Å². The Kier molecular flexibility index (Phi) is 10.3. The molecule has 2 atom stereocenters. The molecule has 6 N–H and O–H groups in total. The molecular weight excluding hydrogens is 554 g/mol. The summed E-state index contributed by atoms with van der Waals surface area (Å²) in [5.41, 5.74) is 3.66. The van der Waals surface area contributed by atoms with Gasteiger partial charge < -0.3 is 36.4 Å². The van der Waals surface area contributed by atoms with E-state index < -0.39 is 17.7 Å². The zero-order valence-corrected chi connectivity index (χ0v) is 25.0. The van der Waals surface area contributed by atoms with Gasteiger partial charge in [0.05, 0.1) is 30.6 Å². The molecule has 224 valence electrons. The first-order valence-corrected chi connectivity index (χ1v) is 14.9. The lowest BCUT2D eigenvalue weighted by atomic mass is 9.99. The lowest BCUT2D eigenvalue weighted by Gasteiger charge is -2.29. The SMILES string of the molecule is CNC(=O)Nc1ccccc1-c1ccc(CN2C(=O)[C@H](NC(=O)CC(C)(C)NC[C@H](O)CO)CCc3sccc32)cc1. The topological polar surface area (TPSA) is 143 Å². The highest BCUT2D eigenvalue weighted by Crippen LogP contribution is 2.34. The average molecular weight is 594 g/mol. The summed E-state index contributed by atoms with van der Waals surface area (Å²) in [6.07, 6.45) is 0.374. The van der Waals surface area contributed by atoms with Gasteiger partial charge in [-0.05, 0) is 55.3 Å². The number of aliphatic hydroxyl groups is 2. The number of hydrogen-bond donors (Lipinski definition) is 6. The van der Waals surface area contributed by atoms with Gasteiger partial charge in [0.25, 0.3) is 0 Å². The molecule has 2 heterocycles. The summed E-state index contributed by atoms with van der Waals surface area (Å²) in [4.78, 5) is 41.6. The highest BCUT2D eigenvalue weighted by molar-refractivity contribution is 7.10. The molecule has 1 aliphatic heterocycles. The van der Waals surface area contributed by atoms with Crippen LogP contribution in [0.3, 0.4) is 0 Å². The predicted octanol–water partition coefficient (Wildman–Crippen LogP) is 3.24. The van der Waals surface area contributed by atoms with E-state index in [1.807, 2.05) is 73.8 Å². The Morgan fingerprint density at radius 1 is 1.12 bits per heavy atom. The summed E-state index contributed by atoms with van der Waals surface area (Å²) in [6, 6.07) is 16.4. The highest BCUT2D eigenvalue weighted by atomic mass is 32.1. The molecule has 10 nitrogen and oxygen atoms in total. The number of nitrogens with zero attached hydrogens (tertiary/aromatic N) is 1. The summed E-state index contributed by atoms with van der Waals surface area (Å²) < 4.78 is 0. The third-order valence-corrected chi connectivity index (χ3v) is 8.18. The van der Waals surface area contributed by atoms with Gasteiger partial charge in [0.15, 0.2) is 0 Å². The molecule has 0 bridgehead atoms. The third-order valence-electron chi connectivity index (χ3n) is 7.21. The number of aryl methyl sites for hydroxylation is 1. The number of fused-ring (bicyclic) bond motifs is 1. The number of carbonyl (C=O) groups is 3. The number of benzene rings is 2. The monoisotopic (exact) mass is 593 g/mol. The number of thiophene rings is 1. The van der Waals surface area contributed by atoms with Crippen molar-refractivity contribution in [1.29, 1.82) is 0 Å². The molecule has 2 aromatic carbocycles. The first-order valence-electron chi connectivity index (χ1n) is 14.0. The number of urea groups is 1. The first-order chi connectivity index (χ1) is 20.1. The molecule has 4 rings (SSSR count). The van der Waals surface area contributed by atoms with Gasteiger partial charge in [-0.1, -0.05) is 42.5 Å². The number of anilines is 2. The fourth-order valence-corrected chi connectivity index (χ4v) is 5.83. The van der Waals surface area contributed by atoms with Gasteiger partial charge >= 0.3 is 6.03 Å². The van der Waals surface area contributed by atoms with Crippen LogP contribution < -0.4 is 26.2 Å². The van der Waals surface area contributed by atoms with Crippen LogP contribution in [0.4, 0.5) is 16.2 Å². The van der Waals surface area contributed by atoms with Crippen LogP contribution in [-0.4, -0.2) is 65.9 Å². The van der Waals surface area contributed by atoms with Crippen LogP contribution in [0.5, 0.6) is 0 Å². The highest BCUT2D eigenvalue weighted by Gasteiger charge is 2.33. The largest absolute Gasteiger partial charge is 0.394 e. The van der Waals surface area contributed by atoms with Crippen molar-refractivity contribution in [2.24, 2.45) is 0 Å². The van der Waals surface area contributed by atoms with Crippen LogP contribution in [0.15, 0.2) is 60.0 Å². The zero-order valence-electron chi connectivity index (χ0n) is 24.1. The van der Waals surface area contributed by atoms with Gasteiger partial charge in [-0.2, -0.15) is 0 Å². The lowest BCUT2D eigenvalue weighted by Crippen LogP contribution is -2.51. The molecule has 0 unspecified atom stereocenters. The van der Waals surface area contributed by atoms with E-state index in [9.17, 15) is 19.5 Å². The minimum Gasteiger partial charge on any atom is -0.394 e. The molecule has 0 saturated carbocycles. The summed E-state index contributed by atoms with van der Waals surface area (Å²) in [5.74, 6) is -0.422. The Bertz CT molecular complexity index is 1390. The number of nitrogens with one attached hydrogen (secondary N) is 4. The van der Waals surface area contributed by atoms with Gasteiger partial charge in [-0.15, -0.1) is 11.3 Å². The summed E-state index contributed by atoms with van der Waals surface area (Å²) in [6.45, 7) is 3.82. The first kappa shape index (κ1) is 31.2. The lowest BCUT2D eigenvalue weighted by molar-refractivity contribution is -0.128. The number of carbonyl (C=O) groups excluding carboxylic acids is 3. The van der Waals surface area contributed by atoms with E-state index in [-0.39, 0.29) is 37.4 Å². The van der Waals surface area contributed by atoms with Gasteiger partial charge in [0, 0.05) is 36.0 Å². The number of hydrogen-bond acceptors (Lipinski definition) is 7. The summed E-state index contributed by atoms with van der Waals surface area (Å²) in [5, 5.41) is 32.1. The van der Waals surface area contributed by atoms with E-state index >= 15 is 0 Å². The van der Waals surface area contributed by atoms with Crippen LogP contribution in [0.2, 0.25) is 0 Å². The molecular formula is C31H39N5O5S. The minimum atomic E-state index is -0.911. The average Bonchev–Trinajstić information content (AvgIpc) is 3.41. The number of para-hydroxylation sites is 1. The molecule has 1 aromatic heterocycles. The number of aliphatic hydroxyl groups excluding tert-OH is 2. The summed E-state index contributed by atoms with van der Waals surface area (Å²) in [7, 11) is 1.57. The molecule has 0 saturated heterocycles. The standard InChI is InChI=1S/C31H39N5O5S/c1-31(2,33-17-22(38)19-37)16-28(39)34-25-12-13-27-26(14-15-42-27)36(29(25)40)18-20-8-10-21(11-9-20)23-6-4-5-7-24(23)35-30(41)32-3/h4-11,14-15,22,25,33,37-38H,12-13,16-19H2,1-3H3,(H,34,39)(H2,32,35,41)/t22-,25+/m0/s1. The third kappa shape index (κ3) is 7.95. The second-order valence-corrected chi connectivity index (χ2v) is 12.0. The molecule has 42 heavy (non-hydrogen) atoms. The van der Waals surface area contributed by atoms with E-state index in [4.69, 9.17) is 5.11 Å². The maximum Gasteiger partial charge on any atom is 0.318 e. The molecule has 0 fully saturated rings. The van der Waals surface area contributed by atoms with Crippen molar-refractivity contribution in [1.82, 2.24) is 16.0 Å². The van der Waals surface area contributed by atoms with Crippen molar-refractivity contribution in [3.05, 3.63) is 70.4 Å². The second-order valence-electron chi connectivity index (χ2n) is 11.0. The minimum absolute atomic E-state index is 0.106. The quantitative estimate of drug-likeness (QED) is 0.202. The Labute approximate surface area is 250 Å². The van der Waals surface area contributed by atoms with Gasteiger partial charge in [-0.25, -0.2) is 4.79 Å². The van der Waals surface area contributed by atoms with Gasteiger partial charge in [-0.3, -0.25) is 9.59 Å².